The molecule has 1 aromatic rings. The van der Waals surface area contributed by atoms with Crippen LogP contribution in [0.1, 0.15) is 39.2 Å². The van der Waals surface area contributed by atoms with Gasteiger partial charge in [-0.1, -0.05) is 20.8 Å². The number of amides is 2. The molecule has 2 amide bonds. The quantitative estimate of drug-likeness (QED) is 0.445. The number of carbonyl (C=O) groups is 3. The number of likely N-dealkylation sites (tertiary alicyclic amines) is 1. The Balaban J connectivity index is 1.93. The lowest BCUT2D eigenvalue weighted by atomic mass is 9.91. The molecule has 0 spiro atoms. The Bertz CT molecular complexity index is 874. The molecule has 0 aromatic heterocycles. The minimum absolute atomic E-state index is 0.00306. The van der Waals surface area contributed by atoms with E-state index in [-0.39, 0.29) is 30.6 Å². The van der Waals surface area contributed by atoms with Crippen LogP contribution in [-0.2, 0) is 30.0 Å². The van der Waals surface area contributed by atoms with E-state index in [1.54, 1.807) is 4.90 Å². The van der Waals surface area contributed by atoms with Gasteiger partial charge in [-0.3, -0.25) is 14.4 Å². The van der Waals surface area contributed by atoms with Gasteiger partial charge < -0.3 is 24.4 Å². The van der Waals surface area contributed by atoms with E-state index in [4.69, 9.17) is 14.2 Å². The van der Waals surface area contributed by atoms with Crippen molar-refractivity contribution in [2.45, 2.75) is 39.8 Å². The summed E-state index contributed by atoms with van der Waals surface area (Å²) in [6.07, 6.45) is -3.79. The molecular formula is C23H31F3N2O6. The zero-order valence-corrected chi connectivity index (χ0v) is 19.8. The molecule has 0 atom stereocenters. The number of rotatable bonds is 8. The third kappa shape index (κ3) is 7.89. The van der Waals surface area contributed by atoms with Gasteiger partial charge in [-0.05, 0) is 31.0 Å². The number of carbonyl (C=O) groups excluding carboxylic acids is 3. The number of esters is 1. The highest BCUT2D eigenvalue weighted by Gasteiger charge is 2.34. The van der Waals surface area contributed by atoms with Crippen molar-refractivity contribution in [1.29, 1.82) is 0 Å². The normalized spacial score (nSPS) is 15.1. The van der Waals surface area contributed by atoms with Crippen LogP contribution in [0.25, 0.3) is 0 Å². The lowest BCUT2D eigenvalue weighted by Crippen LogP contribution is -2.45. The van der Waals surface area contributed by atoms with Crippen molar-refractivity contribution in [2.24, 2.45) is 11.3 Å². The molecule has 0 bridgehead atoms. The molecule has 2 rings (SSSR count). The Kier molecular flexibility index (Phi) is 9.31. The summed E-state index contributed by atoms with van der Waals surface area (Å²) in [5, 5.41) is 2.31. The van der Waals surface area contributed by atoms with Crippen LogP contribution in [0, 0.1) is 11.3 Å². The predicted molar refractivity (Wildman–Crippen MR) is 117 cm³/mol. The third-order valence-corrected chi connectivity index (χ3v) is 5.23. The van der Waals surface area contributed by atoms with Crippen molar-refractivity contribution in [3.8, 4) is 5.75 Å². The van der Waals surface area contributed by atoms with E-state index in [1.807, 2.05) is 20.8 Å². The predicted octanol–water partition coefficient (Wildman–Crippen LogP) is 3.50. The molecule has 1 aliphatic rings. The summed E-state index contributed by atoms with van der Waals surface area (Å²) in [7, 11) is 1.44. The first-order valence-corrected chi connectivity index (χ1v) is 10.9. The molecule has 8 nitrogen and oxygen atoms in total. The summed E-state index contributed by atoms with van der Waals surface area (Å²) in [5.74, 6) is -1.81. The minimum atomic E-state index is -4.61. The first-order chi connectivity index (χ1) is 15.8. The molecule has 0 unspecified atom stereocenters. The Hall–Kier alpha value is -2.82. The number of alkyl halides is 3. The average molecular weight is 489 g/mol. The van der Waals surface area contributed by atoms with E-state index in [0.717, 1.165) is 18.2 Å². The number of halogens is 3. The topological polar surface area (TPSA) is 94.2 Å². The van der Waals surface area contributed by atoms with Gasteiger partial charge >= 0.3 is 12.1 Å². The Labute approximate surface area is 196 Å². The Morgan fingerprint density at radius 2 is 1.74 bits per heavy atom. The standard InChI is InChI=1S/C23H31F3N2O6/c1-22(2,3)21(31)28-9-7-15(8-10-28)20(30)34-14-19(29)27-17-13-16(23(24,25)26)5-6-18(17)33-12-11-32-4/h5-6,13,15H,7-12,14H2,1-4H3,(H,27,29). The van der Waals surface area contributed by atoms with Crippen LogP contribution in [0.15, 0.2) is 18.2 Å². The molecule has 190 valence electrons. The first-order valence-electron chi connectivity index (χ1n) is 10.9. The summed E-state index contributed by atoms with van der Waals surface area (Å²) in [4.78, 5) is 38.7. The fraction of sp³-hybridized carbons (Fsp3) is 0.609. The Morgan fingerprint density at radius 1 is 1.09 bits per heavy atom. The summed E-state index contributed by atoms with van der Waals surface area (Å²) in [6, 6.07) is 2.70. The number of methoxy groups -OCH3 is 1. The van der Waals surface area contributed by atoms with E-state index >= 15 is 0 Å². The maximum atomic E-state index is 13.1. The van der Waals surface area contributed by atoms with E-state index in [2.05, 4.69) is 5.32 Å². The summed E-state index contributed by atoms with van der Waals surface area (Å²) < 4.78 is 54.5. The number of anilines is 1. The smallest absolute Gasteiger partial charge is 0.416 e. The van der Waals surface area contributed by atoms with Crippen LogP contribution < -0.4 is 10.1 Å². The number of nitrogens with zero attached hydrogens (tertiary/aromatic N) is 1. The first kappa shape index (κ1) is 27.4. The summed E-state index contributed by atoms with van der Waals surface area (Å²) in [6.45, 7) is 5.91. The molecule has 1 fully saturated rings. The maximum Gasteiger partial charge on any atom is 0.416 e. The van der Waals surface area contributed by atoms with Gasteiger partial charge in [0.25, 0.3) is 5.91 Å². The molecule has 1 saturated heterocycles. The molecule has 1 aliphatic heterocycles. The molecule has 0 aliphatic carbocycles. The fourth-order valence-electron chi connectivity index (χ4n) is 3.40. The second-order valence-corrected chi connectivity index (χ2v) is 9.02. The van der Waals surface area contributed by atoms with Gasteiger partial charge in [0, 0.05) is 25.6 Å². The van der Waals surface area contributed by atoms with Crippen molar-refractivity contribution in [1.82, 2.24) is 4.90 Å². The van der Waals surface area contributed by atoms with Crippen LogP contribution in [0.5, 0.6) is 5.75 Å². The number of hydrogen-bond donors (Lipinski definition) is 1. The molecule has 1 N–H and O–H groups in total. The second kappa shape index (κ2) is 11.5. The van der Waals surface area contributed by atoms with Crippen LogP contribution in [0.4, 0.5) is 18.9 Å². The van der Waals surface area contributed by atoms with Crippen LogP contribution in [0.2, 0.25) is 0 Å². The van der Waals surface area contributed by atoms with Gasteiger partial charge in [0.15, 0.2) is 6.61 Å². The van der Waals surface area contributed by atoms with Crippen molar-refractivity contribution in [3.05, 3.63) is 23.8 Å². The van der Waals surface area contributed by atoms with Gasteiger partial charge in [-0.25, -0.2) is 0 Å². The highest BCUT2D eigenvalue weighted by molar-refractivity contribution is 5.94. The monoisotopic (exact) mass is 488 g/mol. The van der Waals surface area contributed by atoms with Crippen LogP contribution in [0.3, 0.4) is 0 Å². The van der Waals surface area contributed by atoms with Gasteiger partial charge in [-0.2, -0.15) is 13.2 Å². The number of ether oxygens (including phenoxy) is 3. The minimum Gasteiger partial charge on any atom is -0.489 e. The van der Waals surface area contributed by atoms with Crippen LogP contribution in [-0.4, -0.2) is 62.7 Å². The number of nitrogens with one attached hydrogen (secondary N) is 1. The van der Waals surface area contributed by atoms with E-state index in [1.165, 1.54) is 7.11 Å². The van der Waals surface area contributed by atoms with Gasteiger partial charge in [-0.15, -0.1) is 0 Å². The number of piperidine rings is 1. The molecule has 11 heteroatoms. The third-order valence-electron chi connectivity index (χ3n) is 5.23. The fourth-order valence-corrected chi connectivity index (χ4v) is 3.40. The van der Waals surface area contributed by atoms with Crippen molar-refractivity contribution in [3.63, 3.8) is 0 Å². The second-order valence-electron chi connectivity index (χ2n) is 9.02. The van der Waals surface area contributed by atoms with E-state index in [0.29, 0.717) is 25.9 Å². The van der Waals surface area contributed by atoms with Gasteiger partial charge in [0.1, 0.15) is 12.4 Å². The zero-order valence-electron chi connectivity index (χ0n) is 19.8. The zero-order chi connectivity index (χ0) is 25.5. The molecule has 1 heterocycles. The Morgan fingerprint density at radius 3 is 2.29 bits per heavy atom. The maximum absolute atomic E-state index is 13.1. The largest absolute Gasteiger partial charge is 0.489 e. The van der Waals surface area contributed by atoms with Gasteiger partial charge in [0.2, 0.25) is 5.91 Å². The SMILES string of the molecule is COCCOc1ccc(C(F)(F)F)cc1NC(=O)COC(=O)C1CCN(C(=O)C(C)(C)C)CC1. The lowest BCUT2D eigenvalue weighted by molar-refractivity contribution is -0.155. The highest BCUT2D eigenvalue weighted by Crippen LogP contribution is 2.35. The molecule has 0 radical (unpaired) electrons. The molecular weight excluding hydrogens is 457 g/mol. The summed E-state index contributed by atoms with van der Waals surface area (Å²) >= 11 is 0. The highest BCUT2D eigenvalue weighted by atomic mass is 19.4. The molecule has 0 saturated carbocycles. The lowest BCUT2D eigenvalue weighted by Gasteiger charge is -2.34. The van der Waals surface area contributed by atoms with E-state index < -0.39 is 41.6 Å². The van der Waals surface area contributed by atoms with Crippen LogP contribution >= 0.6 is 0 Å². The average Bonchev–Trinajstić information content (AvgIpc) is 2.76. The van der Waals surface area contributed by atoms with Crippen molar-refractivity contribution < 1.29 is 41.8 Å². The summed E-state index contributed by atoms with van der Waals surface area (Å²) in [5.41, 5.74) is -1.67. The van der Waals surface area contributed by atoms with Crippen molar-refractivity contribution >= 4 is 23.5 Å². The molecule has 1 aromatic carbocycles. The van der Waals surface area contributed by atoms with E-state index in [9.17, 15) is 27.6 Å². The van der Waals surface area contributed by atoms with Crippen molar-refractivity contribution in [2.75, 3.05) is 45.3 Å². The number of hydrogen-bond acceptors (Lipinski definition) is 6. The molecule has 34 heavy (non-hydrogen) atoms. The van der Waals surface area contributed by atoms with Gasteiger partial charge in [0.05, 0.1) is 23.8 Å². The number of benzene rings is 1.